The van der Waals surface area contributed by atoms with Crippen LogP contribution in [-0.4, -0.2) is 40.8 Å². The highest BCUT2D eigenvalue weighted by molar-refractivity contribution is 6.39. The number of ether oxygens (including phenoxy) is 2. The van der Waals surface area contributed by atoms with Gasteiger partial charge in [-0.25, -0.2) is 14.4 Å². The molecule has 178 valence electrons. The number of carbonyl (C=O) groups is 3. The van der Waals surface area contributed by atoms with Gasteiger partial charge >= 0.3 is 18.0 Å². The number of aromatic amines is 1. The molecule has 3 rings (SSSR count). The van der Waals surface area contributed by atoms with Crippen molar-refractivity contribution in [2.45, 2.75) is 26.9 Å². The van der Waals surface area contributed by atoms with Gasteiger partial charge in [0.05, 0.1) is 23.3 Å². The highest BCUT2D eigenvalue weighted by Gasteiger charge is 2.22. The van der Waals surface area contributed by atoms with E-state index in [1.807, 2.05) is 0 Å². The Balaban J connectivity index is 2.09. The molecule has 0 atom stereocenters. The van der Waals surface area contributed by atoms with Gasteiger partial charge in [0.25, 0.3) is 0 Å². The fourth-order valence-corrected chi connectivity index (χ4v) is 3.88. The maximum absolute atomic E-state index is 12.6. The van der Waals surface area contributed by atoms with Gasteiger partial charge in [0, 0.05) is 27.2 Å². The number of hydrogen-bond acceptors (Lipinski definition) is 5. The zero-order valence-electron chi connectivity index (χ0n) is 18.6. The number of carbonyl (C=O) groups excluding carboxylic acids is 2. The third-order valence-electron chi connectivity index (χ3n) is 4.64. The van der Waals surface area contributed by atoms with Crippen molar-refractivity contribution in [3.8, 4) is 0 Å². The summed E-state index contributed by atoms with van der Waals surface area (Å²) >= 11 is 12.5. The van der Waals surface area contributed by atoms with E-state index in [1.165, 1.54) is 24.3 Å². The minimum absolute atomic E-state index is 0.0504. The van der Waals surface area contributed by atoms with Crippen LogP contribution in [0.4, 0.5) is 10.5 Å². The first kappa shape index (κ1) is 25.1. The van der Waals surface area contributed by atoms with E-state index in [0.717, 1.165) is 0 Å². The second-order valence-electron chi connectivity index (χ2n) is 7.46. The Kier molecular flexibility index (Phi) is 7.86. The van der Waals surface area contributed by atoms with Crippen LogP contribution in [-0.2, 0) is 14.3 Å². The Morgan fingerprint density at radius 3 is 2.41 bits per heavy atom. The van der Waals surface area contributed by atoms with Crippen molar-refractivity contribution in [2.24, 2.45) is 0 Å². The second kappa shape index (κ2) is 10.6. The highest BCUT2D eigenvalue weighted by Crippen LogP contribution is 2.35. The van der Waals surface area contributed by atoms with Crippen LogP contribution in [0.15, 0.2) is 36.4 Å². The molecule has 34 heavy (non-hydrogen) atoms. The quantitative estimate of drug-likeness (QED) is 0.259. The van der Waals surface area contributed by atoms with E-state index in [-0.39, 0.29) is 34.6 Å². The molecular formula is C24H22Cl2N2O6. The van der Waals surface area contributed by atoms with Crippen molar-refractivity contribution in [1.29, 1.82) is 0 Å². The molecule has 1 amide bonds. The van der Waals surface area contributed by atoms with Gasteiger partial charge in [0.2, 0.25) is 0 Å². The molecular weight excluding hydrogens is 483 g/mol. The van der Waals surface area contributed by atoms with Gasteiger partial charge in [-0.15, -0.1) is 0 Å². The molecule has 0 aliphatic heterocycles. The number of H-pyrrole nitrogens is 1. The van der Waals surface area contributed by atoms with Crippen LogP contribution in [0.5, 0.6) is 0 Å². The van der Waals surface area contributed by atoms with Crippen molar-refractivity contribution in [1.82, 2.24) is 4.98 Å². The summed E-state index contributed by atoms with van der Waals surface area (Å²) in [7, 11) is 0. The first-order valence-electron chi connectivity index (χ1n) is 10.3. The molecule has 0 radical (unpaired) electrons. The van der Waals surface area contributed by atoms with E-state index in [0.29, 0.717) is 27.2 Å². The molecule has 0 unspecified atom stereocenters. The fourth-order valence-electron chi connectivity index (χ4n) is 3.29. The number of carboxylic acid groups (broad SMARTS) is 1. The van der Waals surface area contributed by atoms with Gasteiger partial charge in [-0.2, -0.15) is 0 Å². The maximum atomic E-state index is 12.6. The zero-order chi connectivity index (χ0) is 25.0. The minimum Gasteiger partial charge on any atom is -0.478 e. The summed E-state index contributed by atoms with van der Waals surface area (Å²) in [5, 5.41) is 13.5. The van der Waals surface area contributed by atoms with Gasteiger partial charge in [0.15, 0.2) is 0 Å². The summed E-state index contributed by atoms with van der Waals surface area (Å²) in [5.41, 5.74) is 1.43. The predicted molar refractivity (Wildman–Crippen MR) is 131 cm³/mol. The lowest BCUT2D eigenvalue weighted by molar-refractivity contribution is -0.130. The number of rotatable bonds is 7. The summed E-state index contributed by atoms with van der Waals surface area (Å²) < 4.78 is 10.2. The number of aromatic nitrogens is 1. The van der Waals surface area contributed by atoms with Crippen LogP contribution in [0.1, 0.15) is 42.4 Å². The van der Waals surface area contributed by atoms with E-state index >= 15 is 0 Å². The van der Waals surface area contributed by atoms with E-state index in [1.54, 1.807) is 39.0 Å². The smallest absolute Gasteiger partial charge is 0.411 e. The van der Waals surface area contributed by atoms with Gasteiger partial charge in [0.1, 0.15) is 5.69 Å². The Morgan fingerprint density at radius 2 is 1.82 bits per heavy atom. The molecule has 3 N–H and O–H groups in total. The second-order valence-corrected chi connectivity index (χ2v) is 8.31. The minimum atomic E-state index is -1.23. The van der Waals surface area contributed by atoms with Crippen molar-refractivity contribution >= 4 is 69.5 Å². The lowest BCUT2D eigenvalue weighted by Gasteiger charge is -2.10. The SMILES string of the molecule is CCOC(=O)c1[nH]c2cc(Cl)cc(Cl)c2c1C=C(C(=O)O)c1ccc(NC(=O)OC(C)C)cc1. The molecule has 0 fully saturated rings. The van der Waals surface area contributed by atoms with Gasteiger partial charge < -0.3 is 19.6 Å². The van der Waals surface area contributed by atoms with Crippen LogP contribution in [0, 0.1) is 0 Å². The van der Waals surface area contributed by atoms with Crippen molar-refractivity contribution in [3.63, 3.8) is 0 Å². The number of fused-ring (bicyclic) bond motifs is 1. The lowest BCUT2D eigenvalue weighted by atomic mass is 10.0. The first-order chi connectivity index (χ1) is 16.1. The van der Waals surface area contributed by atoms with Crippen molar-refractivity contribution < 1.29 is 29.0 Å². The zero-order valence-corrected chi connectivity index (χ0v) is 20.1. The Labute approximate surface area is 205 Å². The van der Waals surface area contributed by atoms with Crippen LogP contribution in [0.2, 0.25) is 10.0 Å². The molecule has 0 saturated heterocycles. The summed E-state index contributed by atoms with van der Waals surface area (Å²) in [5.74, 6) is -1.89. The van der Waals surface area contributed by atoms with Gasteiger partial charge in [-0.05, 0) is 56.7 Å². The molecule has 0 aliphatic carbocycles. The average molecular weight is 505 g/mol. The number of esters is 1. The van der Waals surface area contributed by atoms with E-state index in [2.05, 4.69) is 10.3 Å². The molecule has 0 bridgehead atoms. The molecule has 10 heteroatoms. The van der Waals surface area contributed by atoms with E-state index in [4.69, 9.17) is 32.7 Å². The lowest BCUT2D eigenvalue weighted by Crippen LogP contribution is -2.17. The summed E-state index contributed by atoms with van der Waals surface area (Å²) in [4.78, 5) is 39.5. The van der Waals surface area contributed by atoms with E-state index in [9.17, 15) is 19.5 Å². The van der Waals surface area contributed by atoms with Crippen molar-refractivity contribution in [2.75, 3.05) is 11.9 Å². The van der Waals surface area contributed by atoms with Crippen LogP contribution >= 0.6 is 23.2 Å². The third kappa shape index (κ3) is 5.70. The van der Waals surface area contributed by atoms with Crippen molar-refractivity contribution in [3.05, 3.63) is 63.3 Å². The molecule has 1 aromatic heterocycles. The molecule has 2 aromatic carbocycles. The fraction of sp³-hybridized carbons (Fsp3) is 0.208. The van der Waals surface area contributed by atoms with Crippen LogP contribution < -0.4 is 5.32 Å². The van der Waals surface area contributed by atoms with E-state index < -0.39 is 18.0 Å². The molecule has 0 spiro atoms. The standard InChI is InChI=1S/C24H22Cl2N2O6/c1-4-33-23(31)21-17(20-18(26)9-14(25)10-19(20)28-21)11-16(22(29)30)13-5-7-15(8-6-13)27-24(32)34-12(2)3/h5-12,28H,4H2,1-3H3,(H,27,32)(H,29,30). The third-order valence-corrected chi connectivity index (χ3v) is 5.15. The number of benzene rings is 2. The Morgan fingerprint density at radius 1 is 1.15 bits per heavy atom. The van der Waals surface area contributed by atoms with Gasteiger partial charge in [-0.1, -0.05) is 35.3 Å². The number of hydrogen-bond donors (Lipinski definition) is 3. The predicted octanol–water partition coefficient (Wildman–Crippen LogP) is 6.23. The Bertz CT molecular complexity index is 1280. The van der Waals surface area contributed by atoms with Gasteiger partial charge in [-0.3, -0.25) is 5.32 Å². The highest BCUT2D eigenvalue weighted by atomic mass is 35.5. The number of nitrogens with one attached hydrogen (secondary N) is 2. The molecule has 3 aromatic rings. The summed E-state index contributed by atoms with van der Waals surface area (Å²) in [6.45, 7) is 5.24. The average Bonchev–Trinajstić information content (AvgIpc) is 3.10. The molecule has 0 aliphatic rings. The maximum Gasteiger partial charge on any atom is 0.411 e. The van der Waals surface area contributed by atoms with Crippen LogP contribution in [0.3, 0.4) is 0 Å². The number of aliphatic carboxylic acids is 1. The number of amides is 1. The molecule has 8 nitrogen and oxygen atoms in total. The topological polar surface area (TPSA) is 118 Å². The number of halogens is 2. The summed E-state index contributed by atoms with van der Waals surface area (Å²) in [6.07, 6.45) is 0.443. The largest absolute Gasteiger partial charge is 0.478 e. The number of carboxylic acids is 1. The Hall–Kier alpha value is -3.49. The first-order valence-corrected chi connectivity index (χ1v) is 11.1. The summed E-state index contributed by atoms with van der Waals surface area (Å²) in [6, 6.07) is 9.23. The van der Waals surface area contributed by atoms with Crippen LogP contribution in [0.25, 0.3) is 22.6 Å². The molecule has 1 heterocycles. The monoisotopic (exact) mass is 504 g/mol. The number of anilines is 1. The normalized spacial score (nSPS) is 11.5. The molecule has 0 saturated carbocycles.